The van der Waals surface area contributed by atoms with Crippen molar-refractivity contribution in [1.29, 1.82) is 0 Å². The summed E-state index contributed by atoms with van der Waals surface area (Å²) in [7, 11) is -1.99. The van der Waals surface area contributed by atoms with Crippen molar-refractivity contribution in [1.82, 2.24) is 4.72 Å². The molecule has 1 unspecified atom stereocenters. The van der Waals surface area contributed by atoms with Crippen LogP contribution in [0.3, 0.4) is 0 Å². The van der Waals surface area contributed by atoms with Gasteiger partial charge in [-0.25, -0.2) is 13.1 Å². The maximum atomic E-state index is 12.3. The van der Waals surface area contributed by atoms with Crippen LogP contribution in [0.25, 0.3) is 0 Å². The van der Waals surface area contributed by atoms with Crippen molar-refractivity contribution < 1.29 is 13.2 Å². The van der Waals surface area contributed by atoms with E-state index in [9.17, 15) is 8.42 Å². The Hall–Kier alpha value is -0.730. The number of sulfonamides is 1. The molecule has 0 bridgehead atoms. The molecule has 1 N–H and O–H groups in total. The van der Waals surface area contributed by atoms with Crippen LogP contribution in [0.1, 0.15) is 15.9 Å². The van der Waals surface area contributed by atoms with Crippen LogP contribution >= 0.6 is 27.3 Å². The molecule has 0 aliphatic heterocycles. The van der Waals surface area contributed by atoms with Crippen molar-refractivity contribution in [2.45, 2.75) is 17.9 Å². The Balaban J connectivity index is 2.12. The molecule has 0 radical (unpaired) electrons. The molecule has 0 spiro atoms. The van der Waals surface area contributed by atoms with E-state index in [2.05, 4.69) is 20.7 Å². The predicted octanol–water partition coefficient (Wildman–Crippen LogP) is 3.49. The van der Waals surface area contributed by atoms with Crippen LogP contribution in [0.15, 0.2) is 45.8 Å². The van der Waals surface area contributed by atoms with Gasteiger partial charge < -0.3 is 4.74 Å². The highest BCUT2D eigenvalue weighted by molar-refractivity contribution is 9.10. The second-order valence-corrected chi connectivity index (χ2v) is 8.36. The van der Waals surface area contributed by atoms with E-state index in [1.807, 2.05) is 19.1 Å². The summed E-state index contributed by atoms with van der Waals surface area (Å²) in [4.78, 5) is 2.40. The van der Waals surface area contributed by atoms with E-state index in [4.69, 9.17) is 4.74 Å². The first kappa shape index (κ1) is 16.6. The van der Waals surface area contributed by atoms with Gasteiger partial charge in [-0.1, -0.05) is 12.1 Å². The van der Waals surface area contributed by atoms with Gasteiger partial charge in [-0.2, -0.15) is 0 Å². The minimum Gasteiger partial charge on any atom is -0.375 e. The average Bonchev–Trinajstić information content (AvgIpc) is 2.86. The molecule has 114 valence electrons. The number of nitrogens with one attached hydrogen (secondary N) is 1. The third-order valence-electron chi connectivity index (χ3n) is 2.95. The molecule has 7 heteroatoms. The fraction of sp³-hybridized carbons (Fsp3) is 0.286. The van der Waals surface area contributed by atoms with Crippen molar-refractivity contribution in [2.24, 2.45) is 0 Å². The first-order chi connectivity index (χ1) is 9.94. The fourth-order valence-electron chi connectivity index (χ4n) is 1.85. The van der Waals surface area contributed by atoms with Gasteiger partial charge in [0, 0.05) is 27.9 Å². The molecule has 0 fully saturated rings. The molecule has 2 rings (SSSR count). The van der Waals surface area contributed by atoms with E-state index in [-0.39, 0.29) is 17.5 Å². The van der Waals surface area contributed by atoms with Crippen LogP contribution in [0, 0.1) is 6.92 Å². The zero-order valence-corrected chi connectivity index (χ0v) is 14.9. The van der Waals surface area contributed by atoms with Crippen LogP contribution in [0.2, 0.25) is 0 Å². The molecule has 4 nitrogen and oxygen atoms in total. The second-order valence-electron chi connectivity index (χ2n) is 4.46. The van der Waals surface area contributed by atoms with E-state index in [0.717, 1.165) is 4.88 Å². The quantitative estimate of drug-likeness (QED) is 0.822. The summed E-state index contributed by atoms with van der Waals surface area (Å²) < 4.78 is 33.2. The molecule has 0 aliphatic rings. The largest absolute Gasteiger partial charge is 0.375 e. The van der Waals surface area contributed by atoms with Crippen molar-refractivity contribution in [3.05, 3.63) is 50.6 Å². The standard InChI is InChI=1S/C14H16BrNO3S2/c1-10-7-8-13(20-10)12(19-2)9-16-21(17,18)14-6-4-3-5-11(14)15/h3-8,12,16H,9H2,1-2H3. The van der Waals surface area contributed by atoms with Crippen molar-refractivity contribution >= 4 is 37.3 Å². The van der Waals surface area contributed by atoms with Gasteiger partial charge in [0.1, 0.15) is 6.10 Å². The Morgan fingerprint density at radius 3 is 2.57 bits per heavy atom. The lowest BCUT2D eigenvalue weighted by atomic mass is 10.3. The van der Waals surface area contributed by atoms with E-state index >= 15 is 0 Å². The summed E-state index contributed by atoms with van der Waals surface area (Å²) >= 11 is 4.86. The van der Waals surface area contributed by atoms with Gasteiger partial charge in [-0.05, 0) is 47.1 Å². The molecular weight excluding hydrogens is 374 g/mol. The highest BCUT2D eigenvalue weighted by atomic mass is 79.9. The number of rotatable bonds is 6. The predicted molar refractivity (Wildman–Crippen MR) is 88.1 cm³/mol. The number of hydrogen-bond donors (Lipinski definition) is 1. The van der Waals surface area contributed by atoms with Gasteiger partial charge in [-0.3, -0.25) is 0 Å². The normalized spacial score (nSPS) is 13.3. The molecule has 0 saturated heterocycles. The van der Waals surface area contributed by atoms with E-state index in [0.29, 0.717) is 4.47 Å². The van der Waals surface area contributed by atoms with Crippen LogP contribution in [-0.4, -0.2) is 22.1 Å². The number of benzene rings is 1. The molecule has 0 saturated carbocycles. The third kappa shape index (κ3) is 4.14. The van der Waals surface area contributed by atoms with Crippen LogP contribution in [-0.2, 0) is 14.8 Å². The average molecular weight is 390 g/mol. The molecular formula is C14H16BrNO3S2. The Morgan fingerprint density at radius 2 is 2.00 bits per heavy atom. The number of aryl methyl sites for hydroxylation is 1. The lowest BCUT2D eigenvalue weighted by molar-refractivity contribution is 0.110. The fourth-order valence-corrected chi connectivity index (χ4v) is 4.84. The summed E-state index contributed by atoms with van der Waals surface area (Å²) in [6.07, 6.45) is -0.291. The van der Waals surface area contributed by atoms with Crippen LogP contribution in [0.4, 0.5) is 0 Å². The molecule has 1 heterocycles. The van der Waals surface area contributed by atoms with Crippen molar-refractivity contribution in [3.63, 3.8) is 0 Å². The monoisotopic (exact) mass is 389 g/mol. The Kier molecular flexibility index (Phi) is 5.56. The minimum absolute atomic E-state index is 0.195. The smallest absolute Gasteiger partial charge is 0.241 e. The van der Waals surface area contributed by atoms with Gasteiger partial charge in [0.05, 0.1) is 4.90 Å². The summed E-state index contributed by atoms with van der Waals surface area (Å²) in [5.74, 6) is 0. The third-order valence-corrected chi connectivity index (χ3v) is 6.48. The molecule has 2 aromatic rings. The van der Waals surface area contributed by atoms with E-state index in [1.165, 1.54) is 4.88 Å². The lowest BCUT2D eigenvalue weighted by Gasteiger charge is -2.15. The van der Waals surface area contributed by atoms with Gasteiger partial charge in [0.15, 0.2) is 0 Å². The lowest BCUT2D eigenvalue weighted by Crippen LogP contribution is -2.29. The molecule has 1 aromatic carbocycles. The molecule has 1 atom stereocenters. The first-order valence-electron chi connectivity index (χ1n) is 6.27. The van der Waals surface area contributed by atoms with Crippen LogP contribution in [0.5, 0.6) is 0 Å². The maximum Gasteiger partial charge on any atom is 0.241 e. The first-order valence-corrected chi connectivity index (χ1v) is 9.36. The highest BCUT2D eigenvalue weighted by Gasteiger charge is 2.20. The number of methoxy groups -OCH3 is 1. The Labute approximate surface area is 137 Å². The SMILES string of the molecule is COC(CNS(=O)(=O)c1ccccc1Br)c1ccc(C)s1. The molecule has 1 aromatic heterocycles. The second kappa shape index (κ2) is 7.02. The van der Waals surface area contributed by atoms with Gasteiger partial charge in [-0.15, -0.1) is 11.3 Å². The number of hydrogen-bond acceptors (Lipinski definition) is 4. The van der Waals surface area contributed by atoms with Crippen molar-refractivity contribution in [3.8, 4) is 0 Å². The molecule has 0 aliphatic carbocycles. The van der Waals surface area contributed by atoms with Gasteiger partial charge in [0.2, 0.25) is 10.0 Å². The Bertz CT molecular complexity index is 713. The number of ether oxygens (including phenoxy) is 1. The summed E-state index contributed by atoms with van der Waals surface area (Å²) in [6, 6.07) is 10.7. The summed E-state index contributed by atoms with van der Waals surface area (Å²) in [5.41, 5.74) is 0. The van der Waals surface area contributed by atoms with Crippen molar-refractivity contribution in [2.75, 3.05) is 13.7 Å². The minimum atomic E-state index is -3.57. The van der Waals surface area contributed by atoms with Gasteiger partial charge >= 0.3 is 0 Å². The number of halogens is 1. The Morgan fingerprint density at radius 1 is 1.29 bits per heavy atom. The topological polar surface area (TPSA) is 55.4 Å². The maximum absolute atomic E-state index is 12.3. The zero-order valence-electron chi connectivity index (χ0n) is 11.7. The summed E-state index contributed by atoms with van der Waals surface area (Å²) in [5, 5.41) is 0. The zero-order chi connectivity index (χ0) is 15.5. The highest BCUT2D eigenvalue weighted by Crippen LogP contribution is 2.26. The molecule has 21 heavy (non-hydrogen) atoms. The summed E-state index contributed by atoms with van der Waals surface area (Å²) in [6.45, 7) is 2.20. The number of thiophene rings is 1. The molecule has 0 amide bonds. The van der Waals surface area contributed by atoms with Crippen LogP contribution < -0.4 is 4.72 Å². The van der Waals surface area contributed by atoms with E-state index < -0.39 is 10.0 Å². The van der Waals surface area contributed by atoms with Gasteiger partial charge in [0.25, 0.3) is 0 Å². The van der Waals surface area contributed by atoms with E-state index in [1.54, 1.807) is 42.7 Å².